The van der Waals surface area contributed by atoms with E-state index in [-0.39, 0.29) is 5.91 Å². The lowest BCUT2D eigenvalue weighted by Crippen LogP contribution is -2.37. The summed E-state index contributed by atoms with van der Waals surface area (Å²) in [7, 11) is 0. The van der Waals surface area contributed by atoms with Gasteiger partial charge in [-0.05, 0) is 18.8 Å². The van der Waals surface area contributed by atoms with E-state index in [1.807, 2.05) is 15.8 Å². The molecule has 3 rings (SSSR count). The maximum atomic E-state index is 11.4. The summed E-state index contributed by atoms with van der Waals surface area (Å²) in [5, 5.41) is 4.48. The molecule has 0 bridgehead atoms. The molecule has 0 N–H and O–H groups in total. The summed E-state index contributed by atoms with van der Waals surface area (Å²) < 4.78 is 1.99. The topological polar surface area (TPSA) is 63.9 Å². The second kappa shape index (κ2) is 5.42. The van der Waals surface area contributed by atoms with Crippen molar-refractivity contribution in [2.45, 2.75) is 45.6 Å². The van der Waals surface area contributed by atoms with Gasteiger partial charge in [0.2, 0.25) is 5.91 Å². The Morgan fingerprint density at radius 3 is 2.62 bits per heavy atom. The fraction of sp³-hybridized carbons (Fsp3) is 0.600. The number of hydrogen-bond donors (Lipinski definition) is 0. The number of piperidine rings is 1. The zero-order valence-corrected chi connectivity index (χ0v) is 12.8. The molecule has 0 radical (unpaired) electrons. The van der Waals surface area contributed by atoms with Gasteiger partial charge in [-0.2, -0.15) is 5.10 Å². The van der Waals surface area contributed by atoms with Crippen molar-refractivity contribution in [1.82, 2.24) is 24.6 Å². The Bertz CT molecular complexity index is 655. The number of amides is 1. The van der Waals surface area contributed by atoms with Gasteiger partial charge in [0.1, 0.15) is 5.52 Å². The largest absolute Gasteiger partial charge is 0.343 e. The fourth-order valence-corrected chi connectivity index (χ4v) is 2.80. The molecular weight excluding hydrogens is 266 g/mol. The van der Waals surface area contributed by atoms with E-state index in [4.69, 9.17) is 4.98 Å². The number of aromatic nitrogens is 4. The zero-order valence-electron chi connectivity index (χ0n) is 12.8. The summed E-state index contributed by atoms with van der Waals surface area (Å²) in [5.41, 5.74) is 2.70. The summed E-state index contributed by atoms with van der Waals surface area (Å²) in [6.07, 6.45) is 5.45. The molecule has 2 aromatic heterocycles. The van der Waals surface area contributed by atoms with E-state index in [0.717, 1.165) is 42.8 Å². The van der Waals surface area contributed by atoms with E-state index < -0.39 is 0 Å². The smallest absolute Gasteiger partial charge is 0.219 e. The van der Waals surface area contributed by atoms with Crippen LogP contribution in [0.25, 0.3) is 11.2 Å². The van der Waals surface area contributed by atoms with Gasteiger partial charge < -0.3 is 4.90 Å². The number of carbonyl (C=O) groups is 1. The molecule has 1 aliphatic rings. The van der Waals surface area contributed by atoms with Crippen LogP contribution in [0.1, 0.15) is 51.3 Å². The third-order valence-corrected chi connectivity index (χ3v) is 4.17. The van der Waals surface area contributed by atoms with Crippen LogP contribution in [-0.4, -0.2) is 43.6 Å². The van der Waals surface area contributed by atoms with E-state index >= 15 is 0 Å². The average molecular weight is 287 g/mol. The SMILES string of the molecule is CC(=O)N1CCC(n2ncc3ncc(C(C)C)nc32)CC1. The van der Waals surface area contributed by atoms with E-state index in [1.54, 1.807) is 13.1 Å². The van der Waals surface area contributed by atoms with Gasteiger partial charge in [-0.25, -0.2) is 14.6 Å². The molecule has 1 fully saturated rings. The minimum absolute atomic E-state index is 0.153. The molecule has 0 aromatic carbocycles. The molecule has 0 atom stereocenters. The van der Waals surface area contributed by atoms with Gasteiger partial charge >= 0.3 is 0 Å². The van der Waals surface area contributed by atoms with Crippen molar-refractivity contribution in [3.05, 3.63) is 18.1 Å². The molecule has 2 aromatic rings. The summed E-state index contributed by atoms with van der Waals surface area (Å²) in [5.74, 6) is 0.505. The Kier molecular flexibility index (Phi) is 3.61. The molecule has 21 heavy (non-hydrogen) atoms. The number of fused-ring (bicyclic) bond motifs is 1. The Morgan fingerprint density at radius 2 is 2.00 bits per heavy atom. The van der Waals surface area contributed by atoms with Gasteiger partial charge in [-0.15, -0.1) is 0 Å². The number of hydrogen-bond acceptors (Lipinski definition) is 4. The van der Waals surface area contributed by atoms with E-state index in [1.165, 1.54) is 0 Å². The lowest BCUT2D eigenvalue weighted by atomic mass is 10.1. The first-order chi connectivity index (χ1) is 10.1. The highest BCUT2D eigenvalue weighted by Crippen LogP contribution is 2.25. The van der Waals surface area contributed by atoms with Gasteiger partial charge in [0, 0.05) is 26.2 Å². The molecule has 1 amide bonds. The summed E-state index contributed by atoms with van der Waals surface area (Å²) in [6.45, 7) is 7.44. The molecule has 3 heterocycles. The first-order valence-corrected chi connectivity index (χ1v) is 7.52. The molecule has 0 aliphatic carbocycles. The second-order valence-corrected chi connectivity index (χ2v) is 5.98. The standard InChI is InChI=1S/C15H21N5O/c1-10(2)13-8-16-14-9-17-20(15(14)18-13)12-4-6-19(7-5-12)11(3)21/h8-10,12H,4-7H2,1-3H3. The van der Waals surface area contributed by atoms with Crippen molar-refractivity contribution >= 4 is 17.1 Å². The van der Waals surface area contributed by atoms with Crippen molar-refractivity contribution < 1.29 is 4.79 Å². The lowest BCUT2D eigenvalue weighted by Gasteiger charge is -2.31. The molecule has 0 unspecified atom stereocenters. The summed E-state index contributed by atoms with van der Waals surface area (Å²) in [6, 6.07) is 0.301. The highest BCUT2D eigenvalue weighted by molar-refractivity contribution is 5.73. The van der Waals surface area contributed by atoms with Gasteiger partial charge in [0.25, 0.3) is 0 Å². The van der Waals surface area contributed by atoms with E-state index in [2.05, 4.69) is 23.9 Å². The molecule has 0 saturated carbocycles. The monoisotopic (exact) mass is 287 g/mol. The Hall–Kier alpha value is -1.98. The molecule has 112 valence electrons. The van der Waals surface area contributed by atoms with Gasteiger partial charge in [-0.1, -0.05) is 13.8 Å². The van der Waals surface area contributed by atoms with E-state index in [0.29, 0.717) is 12.0 Å². The molecule has 1 aliphatic heterocycles. The minimum Gasteiger partial charge on any atom is -0.343 e. The maximum absolute atomic E-state index is 11.4. The minimum atomic E-state index is 0.153. The third kappa shape index (κ3) is 2.62. The van der Waals surface area contributed by atoms with Crippen LogP contribution in [0.3, 0.4) is 0 Å². The zero-order chi connectivity index (χ0) is 15.0. The average Bonchev–Trinajstić information content (AvgIpc) is 2.90. The summed E-state index contributed by atoms with van der Waals surface area (Å²) >= 11 is 0. The molecule has 1 saturated heterocycles. The van der Waals surface area contributed by atoms with E-state index in [9.17, 15) is 4.79 Å². The van der Waals surface area contributed by atoms with Crippen LogP contribution in [-0.2, 0) is 4.79 Å². The predicted molar refractivity (Wildman–Crippen MR) is 79.9 cm³/mol. The third-order valence-electron chi connectivity index (χ3n) is 4.17. The number of likely N-dealkylation sites (tertiary alicyclic amines) is 1. The highest BCUT2D eigenvalue weighted by atomic mass is 16.2. The quantitative estimate of drug-likeness (QED) is 0.849. The molecular formula is C15H21N5O. The van der Waals surface area contributed by atoms with Crippen LogP contribution >= 0.6 is 0 Å². The van der Waals surface area contributed by atoms with Gasteiger partial charge in [0.05, 0.1) is 17.9 Å². The van der Waals surface area contributed by atoms with Crippen LogP contribution in [0.4, 0.5) is 0 Å². The second-order valence-electron chi connectivity index (χ2n) is 5.98. The lowest BCUT2D eigenvalue weighted by molar-refractivity contribution is -0.130. The predicted octanol–water partition coefficient (Wildman–Crippen LogP) is 2.13. The van der Waals surface area contributed by atoms with Crippen molar-refractivity contribution in [2.24, 2.45) is 0 Å². The number of carbonyl (C=O) groups excluding carboxylic acids is 1. The fourth-order valence-electron chi connectivity index (χ4n) is 2.80. The van der Waals surface area contributed by atoms with Crippen LogP contribution < -0.4 is 0 Å². The Labute approximate surface area is 124 Å². The first-order valence-electron chi connectivity index (χ1n) is 7.52. The van der Waals surface area contributed by atoms with Gasteiger partial charge in [0.15, 0.2) is 5.65 Å². The normalized spacial score (nSPS) is 16.9. The van der Waals surface area contributed by atoms with Crippen LogP contribution in [0.2, 0.25) is 0 Å². The van der Waals surface area contributed by atoms with Crippen LogP contribution in [0.15, 0.2) is 12.4 Å². The molecule has 6 nitrogen and oxygen atoms in total. The first kappa shape index (κ1) is 14.0. The van der Waals surface area contributed by atoms with Gasteiger partial charge in [-0.3, -0.25) is 4.79 Å². The maximum Gasteiger partial charge on any atom is 0.219 e. The number of nitrogens with zero attached hydrogens (tertiary/aromatic N) is 5. The van der Waals surface area contributed by atoms with Crippen LogP contribution in [0.5, 0.6) is 0 Å². The highest BCUT2D eigenvalue weighted by Gasteiger charge is 2.24. The number of rotatable bonds is 2. The summed E-state index contributed by atoms with van der Waals surface area (Å²) in [4.78, 5) is 22.5. The molecule has 0 spiro atoms. The van der Waals surface area contributed by atoms with Crippen molar-refractivity contribution in [3.63, 3.8) is 0 Å². The van der Waals surface area contributed by atoms with Crippen molar-refractivity contribution in [3.8, 4) is 0 Å². The molecule has 6 heteroatoms. The Balaban J connectivity index is 1.87. The Morgan fingerprint density at radius 1 is 1.29 bits per heavy atom. The van der Waals surface area contributed by atoms with Crippen LogP contribution in [0, 0.1) is 0 Å². The van der Waals surface area contributed by atoms with Crippen molar-refractivity contribution in [2.75, 3.05) is 13.1 Å². The van der Waals surface area contributed by atoms with Crippen molar-refractivity contribution in [1.29, 1.82) is 0 Å².